The summed E-state index contributed by atoms with van der Waals surface area (Å²) >= 11 is 0. The van der Waals surface area contributed by atoms with Crippen molar-refractivity contribution in [3.63, 3.8) is 0 Å². The van der Waals surface area contributed by atoms with Crippen LogP contribution in [-0.4, -0.2) is 47.1 Å². The summed E-state index contributed by atoms with van der Waals surface area (Å²) in [6.45, 7) is 3.16. The zero-order chi connectivity index (χ0) is 23.6. The average Bonchev–Trinajstić information content (AvgIpc) is 3.25. The number of anilines is 1. The van der Waals surface area contributed by atoms with E-state index in [9.17, 15) is 18.0 Å². The Labute approximate surface area is 193 Å². The van der Waals surface area contributed by atoms with Gasteiger partial charge < -0.3 is 9.88 Å². The number of rotatable bonds is 6. The molecule has 1 fully saturated rings. The lowest BCUT2D eigenvalue weighted by molar-refractivity contribution is 0.102. The molecule has 1 saturated heterocycles. The number of sulfonamides is 1. The van der Waals surface area contributed by atoms with Gasteiger partial charge in [-0.1, -0.05) is 6.92 Å². The lowest BCUT2D eigenvalue weighted by atomic mass is 10.0. The van der Waals surface area contributed by atoms with Crippen LogP contribution in [0.1, 0.15) is 46.3 Å². The van der Waals surface area contributed by atoms with Crippen LogP contribution in [0.15, 0.2) is 65.8 Å². The van der Waals surface area contributed by atoms with E-state index in [4.69, 9.17) is 0 Å². The van der Waals surface area contributed by atoms with Crippen LogP contribution in [0.5, 0.6) is 0 Å². The first-order valence-electron chi connectivity index (χ1n) is 10.8. The molecule has 33 heavy (non-hydrogen) atoms. The number of imidazole rings is 1. The second-order valence-electron chi connectivity index (χ2n) is 8.33. The minimum atomic E-state index is -3.56. The lowest BCUT2D eigenvalue weighted by Crippen LogP contribution is -2.37. The average molecular weight is 467 g/mol. The van der Waals surface area contributed by atoms with Gasteiger partial charge in [0.05, 0.1) is 4.90 Å². The molecule has 2 heterocycles. The van der Waals surface area contributed by atoms with Crippen molar-refractivity contribution in [2.75, 3.05) is 18.4 Å². The number of amides is 1. The van der Waals surface area contributed by atoms with Crippen molar-refractivity contribution in [2.45, 2.75) is 24.7 Å². The van der Waals surface area contributed by atoms with E-state index in [0.717, 1.165) is 12.8 Å². The van der Waals surface area contributed by atoms with Crippen molar-refractivity contribution in [1.29, 1.82) is 0 Å². The number of carbonyl (C=O) groups excluding carboxylic acids is 2. The number of nitrogens with one attached hydrogen (secondary N) is 1. The van der Waals surface area contributed by atoms with Crippen LogP contribution in [0.4, 0.5) is 5.69 Å². The molecule has 172 valence electrons. The Kier molecular flexibility index (Phi) is 6.44. The van der Waals surface area contributed by atoms with Crippen LogP contribution in [0.3, 0.4) is 0 Å². The van der Waals surface area contributed by atoms with Crippen LogP contribution < -0.4 is 5.32 Å². The van der Waals surface area contributed by atoms with Crippen molar-refractivity contribution in [1.82, 2.24) is 13.9 Å². The highest BCUT2D eigenvalue weighted by molar-refractivity contribution is 7.89. The molecule has 0 aliphatic carbocycles. The van der Waals surface area contributed by atoms with Gasteiger partial charge in [0.2, 0.25) is 15.8 Å². The Balaban J connectivity index is 1.41. The number of carbonyl (C=O) groups is 2. The summed E-state index contributed by atoms with van der Waals surface area (Å²) in [6.07, 6.45) is 4.97. The van der Waals surface area contributed by atoms with Gasteiger partial charge in [-0.05, 0) is 67.3 Å². The molecule has 0 unspecified atom stereocenters. The van der Waals surface area contributed by atoms with Gasteiger partial charge in [0, 0.05) is 49.3 Å². The minimum Gasteiger partial charge on any atom is -0.331 e. The maximum Gasteiger partial charge on any atom is 0.255 e. The molecule has 0 radical (unpaired) electrons. The number of aromatic nitrogens is 2. The van der Waals surface area contributed by atoms with Gasteiger partial charge in [0.15, 0.2) is 5.82 Å². The van der Waals surface area contributed by atoms with E-state index >= 15 is 0 Å². The molecule has 0 saturated carbocycles. The number of piperidine rings is 1. The van der Waals surface area contributed by atoms with Gasteiger partial charge in [-0.3, -0.25) is 9.59 Å². The van der Waals surface area contributed by atoms with E-state index in [2.05, 4.69) is 17.2 Å². The van der Waals surface area contributed by atoms with Crippen molar-refractivity contribution in [3.05, 3.63) is 77.9 Å². The summed E-state index contributed by atoms with van der Waals surface area (Å²) < 4.78 is 28.9. The number of hydrogen-bond donors (Lipinski definition) is 1. The molecular formula is C24H26N4O4S. The predicted molar refractivity (Wildman–Crippen MR) is 125 cm³/mol. The van der Waals surface area contributed by atoms with E-state index in [1.54, 1.807) is 48.3 Å². The van der Waals surface area contributed by atoms with Crippen LogP contribution >= 0.6 is 0 Å². The Morgan fingerprint density at radius 3 is 2.15 bits per heavy atom. The second-order valence-corrected chi connectivity index (χ2v) is 10.3. The van der Waals surface area contributed by atoms with E-state index in [-0.39, 0.29) is 16.6 Å². The fourth-order valence-electron chi connectivity index (χ4n) is 3.77. The van der Waals surface area contributed by atoms with E-state index in [1.165, 1.54) is 28.6 Å². The Hall–Kier alpha value is -3.30. The molecule has 3 aromatic rings. The third-order valence-corrected chi connectivity index (χ3v) is 7.84. The molecule has 9 heteroatoms. The summed E-state index contributed by atoms with van der Waals surface area (Å²) in [4.78, 5) is 29.4. The van der Waals surface area contributed by atoms with Gasteiger partial charge in [0.25, 0.3) is 5.91 Å². The Bertz CT molecular complexity index is 1260. The molecule has 1 aromatic heterocycles. The van der Waals surface area contributed by atoms with Crippen molar-refractivity contribution in [3.8, 4) is 0 Å². The molecule has 0 spiro atoms. The predicted octanol–water partition coefficient (Wildman–Crippen LogP) is 3.32. The Morgan fingerprint density at radius 1 is 0.970 bits per heavy atom. The van der Waals surface area contributed by atoms with Crippen LogP contribution in [0.25, 0.3) is 0 Å². The van der Waals surface area contributed by atoms with Crippen LogP contribution in [0, 0.1) is 5.92 Å². The molecule has 4 rings (SSSR count). The minimum absolute atomic E-state index is 0.186. The molecular weight excluding hydrogens is 440 g/mol. The van der Waals surface area contributed by atoms with E-state index in [1.807, 2.05) is 0 Å². The van der Waals surface area contributed by atoms with Crippen LogP contribution in [-0.2, 0) is 17.1 Å². The van der Waals surface area contributed by atoms with Gasteiger partial charge in [-0.25, -0.2) is 13.4 Å². The topological polar surface area (TPSA) is 101 Å². The number of hydrogen-bond acceptors (Lipinski definition) is 5. The molecule has 1 aliphatic rings. The first-order valence-corrected chi connectivity index (χ1v) is 12.2. The maximum atomic E-state index is 12.9. The summed E-state index contributed by atoms with van der Waals surface area (Å²) in [5.41, 5.74) is 1.33. The number of aryl methyl sites for hydroxylation is 1. The number of ketones is 1. The van der Waals surface area contributed by atoms with Gasteiger partial charge in [0.1, 0.15) is 0 Å². The van der Waals surface area contributed by atoms with E-state index in [0.29, 0.717) is 41.6 Å². The molecule has 0 atom stereocenters. The molecule has 1 N–H and O–H groups in total. The zero-order valence-electron chi connectivity index (χ0n) is 18.6. The molecule has 2 aromatic carbocycles. The monoisotopic (exact) mass is 466 g/mol. The quantitative estimate of drug-likeness (QED) is 0.562. The zero-order valence-corrected chi connectivity index (χ0v) is 19.4. The highest BCUT2D eigenvalue weighted by Crippen LogP contribution is 2.24. The normalized spacial score (nSPS) is 15.3. The third-order valence-electron chi connectivity index (χ3n) is 5.93. The van der Waals surface area contributed by atoms with Gasteiger partial charge in [-0.2, -0.15) is 4.31 Å². The van der Waals surface area contributed by atoms with E-state index < -0.39 is 10.0 Å². The second kappa shape index (κ2) is 9.29. The van der Waals surface area contributed by atoms with Crippen molar-refractivity contribution in [2.24, 2.45) is 13.0 Å². The summed E-state index contributed by atoms with van der Waals surface area (Å²) in [6, 6.07) is 12.5. The molecule has 8 nitrogen and oxygen atoms in total. The standard InChI is InChI=1S/C24H26N4O4S/c1-17-11-14-28(15-12-17)33(31,32)21-9-5-19(6-10-21)24(30)26-20-7-3-18(4-8-20)22(29)23-25-13-16-27(23)2/h3-10,13,16-17H,11-12,14-15H2,1-2H3,(H,26,30). The highest BCUT2D eigenvalue weighted by atomic mass is 32.2. The maximum absolute atomic E-state index is 12.9. The number of benzene rings is 2. The summed E-state index contributed by atoms with van der Waals surface area (Å²) in [5, 5.41) is 2.77. The lowest BCUT2D eigenvalue weighted by Gasteiger charge is -2.29. The highest BCUT2D eigenvalue weighted by Gasteiger charge is 2.28. The Morgan fingerprint density at radius 2 is 1.58 bits per heavy atom. The molecule has 0 bridgehead atoms. The fourth-order valence-corrected chi connectivity index (χ4v) is 5.24. The summed E-state index contributed by atoms with van der Waals surface area (Å²) in [5.74, 6) is 0.291. The largest absolute Gasteiger partial charge is 0.331 e. The van der Waals surface area contributed by atoms with Crippen molar-refractivity contribution < 1.29 is 18.0 Å². The third kappa shape index (κ3) is 4.89. The SMILES string of the molecule is CC1CCN(S(=O)(=O)c2ccc(C(=O)Nc3ccc(C(=O)c4nccn4C)cc3)cc2)CC1. The number of nitrogens with zero attached hydrogens (tertiary/aromatic N) is 3. The first-order chi connectivity index (χ1) is 15.8. The van der Waals surface area contributed by atoms with Crippen molar-refractivity contribution >= 4 is 27.4 Å². The van der Waals surface area contributed by atoms with Gasteiger partial charge >= 0.3 is 0 Å². The first kappa shape index (κ1) is 22.9. The molecule has 1 amide bonds. The van der Waals surface area contributed by atoms with Gasteiger partial charge in [-0.15, -0.1) is 0 Å². The van der Waals surface area contributed by atoms with Crippen LogP contribution in [0.2, 0.25) is 0 Å². The summed E-state index contributed by atoms with van der Waals surface area (Å²) in [7, 11) is -1.81. The molecule has 1 aliphatic heterocycles. The fraction of sp³-hybridized carbons (Fsp3) is 0.292. The smallest absolute Gasteiger partial charge is 0.255 e.